The number of hydrogen-bond acceptors (Lipinski definition) is 0. The van der Waals surface area contributed by atoms with Gasteiger partial charge in [0, 0.05) is 0 Å². The van der Waals surface area contributed by atoms with Gasteiger partial charge in [-0.2, -0.15) is 0 Å². The van der Waals surface area contributed by atoms with Crippen molar-refractivity contribution in [3.63, 3.8) is 0 Å². The molecule has 18 valence electrons. The van der Waals surface area contributed by atoms with Crippen LogP contribution in [-0.2, 0) is 0 Å². The Morgan fingerprint density at radius 1 is 2.00 bits per heavy atom. The summed E-state index contributed by atoms with van der Waals surface area (Å²) in [7, 11) is 0. The summed E-state index contributed by atoms with van der Waals surface area (Å²) in [5, 5.41) is 0. The molecule has 0 aliphatic carbocycles. The molecule has 4 heavy (non-hydrogen) atoms. The molecule has 0 aliphatic heterocycles. The molecule has 0 aromatic heterocycles. The molecule has 0 N–H and O–H groups in total. The third-order valence-electron chi connectivity index (χ3n) is 0.167. The number of hydrogen-bond donors (Lipinski definition) is 0. The molecule has 0 aromatic rings. The first-order valence-electron chi connectivity index (χ1n) is 1.05. The van der Waals surface area contributed by atoms with Crippen LogP contribution in [0.2, 0.25) is 0 Å². The second-order valence-electron chi connectivity index (χ2n) is 0.402. The second kappa shape index (κ2) is 4.53. The summed E-state index contributed by atoms with van der Waals surface area (Å²) in [6, 6.07) is 0. The molecule has 0 unspecified atom stereocenters. The van der Waals surface area contributed by atoms with Gasteiger partial charge in [-0.25, -0.2) is 0 Å². The fourth-order valence-electron chi connectivity index (χ4n) is 0. The molecular weight excluding hydrogens is 175 g/mol. The summed E-state index contributed by atoms with van der Waals surface area (Å²) in [5.74, 6) is 0. The SMILES string of the molecule is C=C[Te][Na]. The van der Waals surface area contributed by atoms with Gasteiger partial charge >= 0.3 is 49.8 Å². The van der Waals surface area contributed by atoms with E-state index in [0.29, 0.717) is 15.5 Å². The standard InChI is InChI=1S/C2H4Te.Na/c1-2-3;/h2-3H,1H2;/q;+1/p-1. The van der Waals surface area contributed by atoms with Crippen LogP contribution in [0.1, 0.15) is 0 Å². The van der Waals surface area contributed by atoms with Crippen LogP contribution in [0.3, 0.4) is 0 Å². The van der Waals surface area contributed by atoms with Gasteiger partial charge in [0.25, 0.3) is 0 Å². The van der Waals surface area contributed by atoms with E-state index in [2.05, 4.69) is 10.7 Å². The number of rotatable bonds is 1. The first-order chi connectivity index (χ1) is 1.91. The van der Waals surface area contributed by atoms with Gasteiger partial charge in [-0.3, -0.25) is 0 Å². The van der Waals surface area contributed by atoms with Gasteiger partial charge in [-0.1, -0.05) is 0 Å². The van der Waals surface area contributed by atoms with E-state index >= 15 is 0 Å². The molecule has 0 rings (SSSR count). The van der Waals surface area contributed by atoms with Gasteiger partial charge in [-0.05, 0) is 0 Å². The Kier molecular flexibility index (Phi) is 6.26. The van der Waals surface area contributed by atoms with Crippen molar-refractivity contribution in [3.05, 3.63) is 10.7 Å². The zero-order chi connectivity index (χ0) is 3.41. The Balaban J connectivity index is 2.30. The summed E-state index contributed by atoms with van der Waals surface area (Å²) < 4.78 is 2.07. The van der Waals surface area contributed by atoms with Crippen molar-refractivity contribution in [1.29, 1.82) is 0 Å². The molecule has 0 nitrogen and oxygen atoms in total. The first-order valence-corrected chi connectivity index (χ1v) is 10.2. The molecule has 0 spiro atoms. The van der Waals surface area contributed by atoms with Gasteiger partial charge < -0.3 is 0 Å². The van der Waals surface area contributed by atoms with E-state index in [1.165, 1.54) is 23.5 Å². The fraction of sp³-hybridized carbons (Fsp3) is 0. The van der Waals surface area contributed by atoms with Crippen molar-refractivity contribution in [2.75, 3.05) is 0 Å². The van der Waals surface area contributed by atoms with Crippen molar-refractivity contribution in [2.45, 2.75) is 0 Å². The normalized spacial score (nSPS) is 6.50. The van der Waals surface area contributed by atoms with E-state index in [0.717, 1.165) is 0 Å². The molecule has 0 amide bonds. The van der Waals surface area contributed by atoms with Crippen molar-refractivity contribution >= 4 is 39.1 Å². The van der Waals surface area contributed by atoms with Crippen LogP contribution in [0.25, 0.3) is 0 Å². The maximum absolute atomic E-state index is 3.57. The van der Waals surface area contributed by atoms with Crippen molar-refractivity contribution < 1.29 is 0 Å². The Labute approximate surface area is 49.1 Å². The average molecular weight is 178 g/mol. The van der Waals surface area contributed by atoms with E-state index in [1.54, 1.807) is 0 Å². The minimum absolute atomic E-state index is 0.384. The molecule has 0 fully saturated rings. The van der Waals surface area contributed by atoms with Crippen LogP contribution in [0.4, 0.5) is 0 Å². The zero-order valence-corrected chi connectivity index (χ0v) is 7.02. The Morgan fingerprint density at radius 2 is 2.25 bits per heavy atom. The summed E-state index contributed by atoms with van der Waals surface area (Å²) in [6.07, 6.45) is 0. The molecule has 2 heteroatoms. The zero-order valence-electron chi connectivity index (χ0n) is 2.69. The van der Waals surface area contributed by atoms with Crippen LogP contribution < -0.4 is 0 Å². The molecule has 0 heterocycles. The third-order valence-corrected chi connectivity index (χ3v) is 3.35. The van der Waals surface area contributed by atoms with E-state index in [1.807, 2.05) is 0 Å². The Hall–Kier alpha value is 1.53. The molecule has 0 saturated heterocycles. The van der Waals surface area contributed by atoms with E-state index in [-0.39, 0.29) is 0 Å². The Bertz CT molecular complexity index is 20.0. The summed E-state index contributed by atoms with van der Waals surface area (Å²) >= 11 is 1.79. The summed E-state index contributed by atoms with van der Waals surface area (Å²) in [4.78, 5) is 0. The summed E-state index contributed by atoms with van der Waals surface area (Å²) in [5.41, 5.74) is 0. The van der Waals surface area contributed by atoms with Crippen LogP contribution in [0.5, 0.6) is 0 Å². The van der Waals surface area contributed by atoms with Crippen LogP contribution in [0, 0.1) is 0 Å². The van der Waals surface area contributed by atoms with Crippen molar-refractivity contribution in [1.82, 2.24) is 0 Å². The summed E-state index contributed by atoms with van der Waals surface area (Å²) in [6.45, 7) is 3.57. The fourth-order valence-corrected chi connectivity index (χ4v) is 0. The van der Waals surface area contributed by atoms with Gasteiger partial charge in [-0.15, -0.1) is 0 Å². The van der Waals surface area contributed by atoms with Crippen LogP contribution in [0.15, 0.2) is 10.7 Å². The van der Waals surface area contributed by atoms with Crippen molar-refractivity contribution in [3.8, 4) is 0 Å². The molecule has 0 aliphatic rings. The monoisotopic (exact) mass is 180 g/mol. The van der Waals surface area contributed by atoms with Gasteiger partial charge in [0.2, 0.25) is 0 Å². The van der Waals surface area contributed by atoms with Gasteiger partial charge in [0.1, 0.15) is 0 Å². The van der Waals surface area contributed by atoms with Gasteiger partial charge in [0.05, 0.1) is 0 Å². The second-order valence-corrected chi connectivity index (χ2v) is 5.86. The quantitative estimate of drug-likeness (QED) is 0.492. The van der Waals surface area contributed by atoms with Crippen LogP contribution in [-0.4, -0.2) is 39.1 Å². The Morgan fingerprint density at radius 3 is 2.25 bits per heavy atom. The average Bonchev–Trinajstić information content (AvgIpc) is 1.37. The molecule has 0 radical (unpaired) electrons. The van der Waals surface area contributed by atoms with Crippen LogP contribution >= 0.6 is 0 Å². The topological polar surface area (TPSA) is 0 Å². The van der Waals surface area contributed by atoms with Gasteiger partial charge in [0.15, 0.2) is 0 Å². The molecule has 0 atom stereocenters. The predicted molar refractivity (Wildman–Crippen MR) is 21.7 cm³/mol. The van der Waals surface area contributed by atoms with Crippen molar-refractivity contribution in [2.24, 2.45) is 0 Å². The molecule has 0 aromatic carbocycles. The molecule has 0 bridgehead atoms. The predicted octanol–water partition coefficient (Wildman–Crippen LogP) is -0.0824. The van der Waals surface area contributed by atoms with E-state index in [9.17, 15) is 0 Å². The molecule has 0 saturated carbocycles. The maximum atomic E-state index is 3.57. The third kappa shape index (κ3) is 3.53. The minimum atomic E-state index is 0.384. The van der Waals surface area contributed by atoms with E-state index < -0.39 is 0 Å². The first kappa shape index (κ1) is 5.53. The van der Waals surface area contributed by atoms with E-state index in [4.69, 9.17) is 0 Å². The molecular formula is C2H3NaTe.